The fourth-order valence-electron chi connectivity index (χ4n) is 4.99. The first-order chi connectivity index (χ1) is 17.1. The van der Waals surface area contributed by atoms with Crippen molar-refractivity contribution in [1.29, 1.82) is 0 Å². The molecule has 190 valence electrons. The molecule has 1 unspecified atom stereocenters. The third-order valence-corrected chi connectivity index (χ3v) is 6.98. The normalized spacial score (nSPS) is 18.3. The van der Waals surface area contributed by atoms with E-state index in [1.165, 1.54) is 12.7 Å². The number of methoxy groups -OCH3 is 1. The van der Waals surface area contributed by atoms with Gasteiger partial charge < -0.3 is 29.5 Å². The monoisotopic (exact) mass is 484 g/mol. The number of hydrogen-bond donors (Lipinski definition) is 2. The number of nitrogens with zero attached hydrogens (tertiary/aromatic N) is 2. The van der Waals surface area contributed by atoms with Crippen LogP contribution in [0.15, 0.2) is 29.0 Å². The number of hydrogen-bond acceptors (Lipinski definition) is 7. The Morgan fingerprint density at radius 3 is 2.49 bits per heavy atom. The smallest absolute Gasteiger partial charge is 0.257 e. The highest BCUT2D eigenvalue weighted by atomic mass is 16.5. The molecule has 1 aromatic carbocycles. The number of amides is 2. The molecule has 2 aromatic rings. The van der Waals surface area contributed by atoms with Gasteiger partial charge in [-0.05, 0) is 37.8 Å². The van der Waals surface area contributed by atoms with Crippen LogP contribution in [0.3, 0.4) is 0 Å². The van der Waals surface area contributed by atoms with E-state index in [0.717, 1.165) is 57.3 Å². The summed E-state index contributed by atoms with van der Waals surface area (Å²) in [5.74, 6) is 0.190. The molecule has 1 atom stereocenters. The number of benzene rings is 1. The van der Waals surface area contributed by atoms with E-state index in [9.17, 15) is 9.59 Å². The summed E-state index contributed by atoms with van der Waals surface area (Å²) < 4.78 is 16.0. The van der Waals surface area contributed by atoms with Crippen molar-refractivity contribution in [3.05, 3.63) is 35.7 Å². The van der Waals surface area contributed by atoms with E-state index in [1.807, 2.05) is 18.2 Å². The van der Waals surface area contributed by atoms with Crippen molar-refractivity contribution in [2.45, 2.75) is 57.9 Å². The molecule has 0 radical (unpaired) electrons. The molecule has 2 heterocycles. The van der Waals surface area contributed by atoms with Crippen molar-refractivity contribution < 1.29 is 23.6 Å². The van der Waals surface area contributed by atoms with Gasteiger partial charge >= 0.3 is 0 Å². The summed E-state index contributed by atoms with van der Waals surface area (Å²) in [7, 11) is 1.63. The molecule has 9 heteroatoms. The average molecular weight is 485 g/mol. The minimum Gasteiger partial charge on any atom is -0.495 e. The summed E-state index contributed by atoms with van der Waals surface area (Å²) in [5, 5.41) is 9.82. The van der Waals surface area contributed by atoms with Crippen LogP contribution >= 0.6 is 0 Å². The highest BCUT2D eigenvalue weighted by molar-refractivity contribution is 6.01. The Morgan fingerprint density at radius 1 is 1.11 bits per heavy atom. The van der Waals surface area contributed by atoms with E-state index < -0.39 is 6.04 Å². The maximum atomic E-state index is 13.6. The second-order valence-electron chi connectivity index (χ2n) is 9.35. The molecule has 2 amide bonds. The molecule has 9 nitrogen and oxygen atoms in total. The third-order valence-electron chi connectivity index (χ3n) is 6.98. The van der Waals surface area contributed by atoms with Gasteiger partial charge in [0, 0.05) is 24.8 Å². The van der Waals surface area contributed by atoms with Gasteiger partial charge in [0.1, 0.15) is 23.6 Å². The Morgan fingerprint density at radius 2 is 1.83 bits per heavy atom. The standard InChI is InChI=1S/C26H36N4O5/c1-18-21(17-35-29-18)25(31)28-24(19-8-6-4-3-5-7-9-19)26(32)27-20-10-11-22(23(16-20)33-2)30-12-14-34-15-13-30/h10-11,16-17,19,24H,3-9,12-15H2,1-2H3,(H,27,32)(H,28,31). The zero-order chi connectivity index (χ0) is 24.6. The summed E-state index contributed by atoms with van der Waals surface area (Å²) in [6, 6.07) is 5.03. The van der Waals surface area contributed by atoms with Crippen LogP contribution in [0.5, 0.6) is 5.75 Å². The Bertz CT molecular complexity index is 993. The topological polar surface area (TPSA) is 106 Å². The number of aryl methyl sites for hydroxylation is 1. The van der Waals surface area contributed by atoms with Crippen LogP contribution in [0.4, 0.5) is 11.4 Å². The largest absolute Gasteiger partial charge is 0.495 e. The van der Waals surface area contributed by atoms with E-state index in [0.29, 0.717) is 35.9 Å². The molecular weight excluding hydrogens is 448 g/mol. The quantitative estimate of drug-likeness (QED) is 0.613. The van der Waals surface area contributed by atoms with Gasteiger partial charge in [0.05, 0.1) is 31.7 Å². The van der Waals surface area contributed by atoms with Gasteiger partial charge in [-0.25, -0.2) is 0 Å². The molecule has 1 saturated heterocycles. The minimum absolute atomic E-state index is 0.0638. The van der Waals surface area contributed by atoms with Crippen molar-refractivity contribution in [3.8, 4) is 5.75 Å². The Balaban J connectivity index is 1.52. The van der Waals surface area contributed by atoms with Crippen LogP contribution in [0.2, 0.25) is 0 Å². The molecule has 35 heavy (non-hydrogen) atoms. The number of ether oxygens (including phenoxy) is 2. The number of aromatic nitrogens is 1. The van der Waals surface area contributed by atoms with Gasteiger partial charge in [0.2, 0.25) is 5.91 Å². The van der Waals surface area contributed by atoms with E-state index in [2.05, 4.69) is 20.7 Å². The second kappa shape index (κ2) is 12.1. The molecule has 2 fully saturated rings. The van der Waals surface area contributed by atoms with Crippen LogP contribution in [-0.2, 0) is 9.53 Å². The van der Waals surface area contributed by atoms with Crippen molar-refractivity contribution in [2.75, 3.05) is 43.6 Å². The van der Waals surface area contributed by atoms with Crippen LogP contribution in [0.1, 0.15) is 61.0 Å². The summed E-state index contributed by atoms with van der Waals surface area (Å²) in [4.78, 5) is 28.8. The molecule has 1 aromatic heterocycles. The number of rotatable bonds is 7. The second-order valence-corrected chi connectivity index (χ2v) is 9.35. The predicted molar refractivity (Wildman–Crippen MR) is 133 cm³/mol. The first kappa shape index (κ1) is 25.0. The van der Waals surface area contributed by atoms with Gasteiger partial charge in [-0.15, -0.1) is 0 Å². The van der Waals surface area contributed by atoms with E-state index >= 15 is 0 Å². The summed E-state index contributed by atoms with van der Waals surface area (Å²) in [5.41, 5.74) is 2.46. The molecule has 0 bridgehead atoms. The number of morpholine rings is 1. The summed E-state index contributed by atoms with van der Waals surface area (Å²) in [6.07, 6.45) is 8.78. The van der Waals surface area contributed by atoms with Crippen molar-refractivity contribution in [2.24, 2.45) is 5.92 Å². The maximum absolute atomic E-state index is 13.6. The molecule has 0 spiro atoms. The number of carbonyl (C=O) groups is 2. The highest BCUT2D eigenvalue weighted by Gasteiger charge is 2.31. The van der Waals surface area contributed by atoms with Gasteiger partial charge in [-0.3, -0.25) is 9.59 Å². The highest BCUT2D eigenvalue weighted by Crippen LogP contribution is 2.32. The van der Waals surface area contributed by atoms with Crippen LogP contribution in [0, 0.1) is 12.8 Å². The van der Waals surface area contributed by atoms with Crippen molar-refractivity contribution >= 4 is 23.2 Å². The van der Waals surface area contributed by atoms with Gasteiger partial charge in [0.15, 0.2) is 0 Å². The molecular formula is C26H36N4O5. The van der Waals surface area contributed by atoms with Crippen molar-refractivity contribution in [1.82, 2.24) is 10.5 Å². The van der Waals surface area contributed by atoms with Gasteiger partial charge in [-0.1, -0.05) is 37.3 Å². The lowest BCUT2D eigenvalue weighted by molar-refractivity contribution is -0.119. The lowest BCUT2D eigenvalue weighted by atomic mass is 9.85. The number of nitrogens with one attached hydrogen (secondary N) is 2. The van der Waals surface area contributed by atoms with Gasteiger partial charge in [-0.2, -0.15) is 0 Å². The summed E-state index contributed by atoms with van der Waals surface area (Å²) >= 11 is 0. The first-order valence-electron chi connectivity index (χ1n) is 12.6. The SMILES string of the molecule is COc1cc(NC(=O)C(NC(=O)c2conc2C)C2CCCCCCC2)ccc1N1CCOCC1. The zero-order valence-corrected chi connectivity index (χ0v) is 20.7. The van der Waals surface area contributed by atoms with Crippen molar-refractivity contribution in [3.63, 3.8) is 0 Å². The summed E-state index contributed by atoms with van der Waals surface area (Å²) in [6.45, 7) is 4.65. The van der Waals surface area contributed by atoms with Crippen LogP contribution in [-0.4, -0.2) is 56.4 Å². The van der Waals surface area contributed by atoms with E-state index in [-0.39, 0.29) is 17.7 Å². The fraction of sp³-hybridized carbons (Fsp3) is 0.577. The van der Waals surface area contributed by atoms with E-state index in [1.54, 1.807) is 14.0 Å². The molecule has 1 aliphatic carbocycles. The molecule has 2 aliphatic rings. The maximum Gasteiger partial charge on any atom is 0.257 e. The first-order valence-corrected chi connectivity index (χ1v) is 12.6. The zero-order valence-electron chi connectivity index (χ0n) is 20.7. The van der Waals surface area contributed by atoms with Crippen LogP contribution < -0.4 is 20.3 Å². The molecule has 4 rings (SSSR count). The Labute approximate surface area is 206 Å². The van der Waals surface area contributed by atoms with Crippen LogP contribution in [0.25, 0.3) is 0 Å². The Kier molecular flexibility index (Phi) is 8.63. The fourth-order valence-corrected chi connectivity index (χ4v) is 4.99. The average Bonchev–Trinajstić information content (AvgIpc) is 3.29. The molecule has 2 N–H and O–H groups in total. The minimum atomic E-state index is -0.653. The number of carbonyl (C=O) groups excluding carboxylic acids is 2. The van der Waals surface area contributed by atoms with E-state index in [4.69, 9.17) is 14.0 Å². The lowest BCUT2D eigenvalue weighted by Crippen LogP contribution is -2.48. The Hall–Kier alpha value is -3.07. The third kappa shape index (κ3) is 6.33. The predicted octanol–water partition coefficient (Wildman–Crippen LogP) is 3.93. The number of anilines is 2. The molecule has 1 saturated carbocycles. The lowest BCUT2D eigenvalue weighted by Gasteiger charge is -2.30. The van der Waals surface area contributed by atoms with Gasteiger partial charge in [0.25, 0.3) is 5.91 Å². The molecule has 1 aliphatic heterocycles.